The first-order valence-corrected chi connectivity index (χ1v) is 7.18. The lowest BCUT2D eigenvalue weighted by molar-refractivity contribution is 0.318. The Morgan fingerprint density at radius 2 is 1.95 bits per heavy atom. The highest BCUT2D eigenvalue weighted by atomic mass is 19.1. The SMILES string of the molecule is N/C(=N/O)c1cc(F)cc(CNC(C2CC2)C2CC2)c1. The number of hydrogen-bond donors (Lipinski definition) is 3. The van der Waals surface area contributed by atoms with Crippen molar-refractivity contribution in [2.45, 2.75) is 38.3 Å². The first-order valence-electron chi connectivity index (χ1n) is 7.18. The number of nitrogens with zero attached hydrogens (tertiary/aromatic N) is 1. The molecule has 0 aromatic heterocycles. The van der Waals surface area contributed by atoms with Crippen LogP contribution in [0.25, 0.3) is 0 Å². The van der Waals surface area contributed by atoms with Crippen LogP contribution in [0.15, 0.2) is 23.4 Å². The van der Waals surface area contributed by atoms with Gasteiger partial charge in [-0.1, -0.05) is 5.16 Å². The molecule has 20 heavy (non-hydrogen) atoms. The normalized spacial score (nSPS) is 19.6. The van der Waals surface area contributed by atoms with Gasteiger partial charge in [0.2, 0.25) is 0 Å². The second-order valence-electron chi connectivity index (χ2n) is 5.91. The van der Waals surface area contributed by atoms with E-state index in [0.717, 1.165) is 17.4 Å². The smallest absolute Gasteiger partial charge is 0.170 e. The second-order valence-corrected chi connectivity index (χ2v) is 5.91. The van der Waals surface area contributed by atoms with Crippen molar-refractivity contribution in [3.8, 4) is 0 Å². The first kappa shape index (κ1) is 13.4. The Morgan fingerprint density at radius 1 is 1.30 bits per heavy atom. The molecule has 0 heterocycles. The van der Waals surface area contributed by atoms with Crippen LogP contribution < -0.4 is 11.1 Å². The number of oxime groups is 1. The minimum atomic E-state index is -0.361. The molecule has 5 heteroatoms. The fraction of sp³-hybridized carbons (Fsp3) is 0.533. The molecule has 0 atom stereocenters. The summed E-state index contributed by atoms with van der Waals surface area (Å²) in [6, 6.07) is 5.11. The zero-order valence-corrected chi connectivity index (χ0v) is 11.3. The highest BCUT2D eigenvalue weighted by Gasteiger charge is 2.40. The van der Waals surface area contributed by atoms with Gasteiger partial charge in [0.1, 0.15) is 5.82 Å². The lowest BCUT2D eigenvalue weighted by Gasteiger charge is -2.18. The molecular formula is C15H20FN3O. The molecule has 0 aliphatic heterocycles. The minimum Gasteiger partial charge on any atom is -0.409 e. The molecule has 3 rings (SSSR count). The summed E-state index contributed by atoms with van der Waals surface area (Å²) >= 11 is 0. The maximum absolute atomic E-state index is 13.6. The van der Waals surface area contributed by atoms with Crippen molar-refractivity contribution in [1.82, 2.24) is 5.32 Å². The van der Waals surface area contributed by atoms with Gasteiger partial charge in [0.05, 0.1) is 0 Å². The summed E-state index contributed by atoms with van der Waals surface area (Å²) in [6.07, 6.45) is 5.25. The number of nitrogens with two attached hydrogens (primary N) is 1. The number of rotatable bonds is 6. The van der Waals surface area contributed by atoms with Crippen LogP contribution in [0.1, 0.15) is 36.8 Å². The molecule has 2 aliphatic rings. The van der Waals surface area contributed by atoms with Crippen LogP contribution in [-0.2, 0) is 6.54 Å². The maximum Gasteiger partial charge on any atom is 0.170 e. The van der Waals surface area contributed by atoms with Gasteiger partial charge < -0.3 is 16.3 Å². The number of amidine groups is 1. The molecule has 0 unspecified atom stereocenters. The maximum atomic E-state index is 13.6. The van der Waals surface area contributed by atoms with Crippen LogP contribution in [0, 0.1) is 17.7 Å². The van der Waals surface area contributed by atoms with Crippen LogP contribution >= 0.6 is 0 Å². The third-order valence-electron chi connectivity index (χ3n) is 4.16. The highest BCUT2D eigenvalue weighted by Crippen LogP contribution is 2.44. The molecule has 0 amide bonds. The summed E-state index contributed by atoms with van der Waals surface area (Å²) < 4.78 is 13.6. The van der Waals surface area contributed by atoms with Gasteiger partial charge in [-0.3, -0.25) is 0 Å². The molecule has 0 saturated heterocycles. The molecule has 4 N–H and O–H groups in total. The Bertz CT molecular complexity index is 512. The Hall–Kier alpha value is -1.62. The van der Waals surface area contributed by atoms with E-state index >= 15 is 0 Å². The summed E-state index contributed by atoms with van der Waals surface area (Å²) in [5.41, 5.74) is 6.76. The van der Waals surface area contributed by atoms with E-state index < -0.39 is 0 Å². The Morgan fingerprint density at radius 3 is 2.50 bits per heavy atom. The monoisotopic (exact) mass is 277 g/mol. The summed E-state index contributed by atoms with van der Waals surface area (Å²) in [4.78, 5) is 0. The highest BCUT2D eigenvalue weighted by molar-refractivity contribution is 5.97. The van der Waals surface area contributed by atoms with Crippen molar-refractivity contribution in [2.24, 2.45) is 22.7 Å². The van der Waals surface area contributed by atoms with Gasteiger partial charge in [0, 0.05) is 18.2 Å². The number of nitrogens with one attached hydrogen (secondary N) is 1. The van der Waals surface area contributed by atoms with E-state index in [-0.39, 0.29) is 11.7 Å². The van der Waals surface area contributed by atoms with E-state index in [1.165, 1.54) is 37.8 Å². The minimum absolute atomic E-state index is 0.0633. The third-order valence-corrected chi connectivity index (χ3v) is 4.16. The van der Waals surface area contributed by atoms with Crippen LogP contribution in [0.5, 0.6) is 0 Å². The van der Waals surface area contributed by atoms with E-state index in [1.54, 1.807) is 6.07 Å². The molecule has 0 bridgehead atoms. The van der Waals surface area contributed by atoms with Gasteiger partial charge in [-0.2, -0.15) is 0 Å². The standard InChI is InChI=1S/C15H20FN3O/c16-13-6-9(5-12(7-13)15(17)19-20)8-18-14(10-1-2-10)11-3-4-11/h5-7,10-11,14,18,20H,1-4,8H2,(H2,17,19). The van der Waals surface area contributed by atoms with Crippen LogP contribution in [-0.4, -0.2) is 17.1 Å². The van der Waals surface area contributed by atoms with Crippen LogP contribution in [0.3, 0.4) is 0 Å². The molecule has 2 aliphatic carbocycles. The summed E-state index contributed by atoms with van der Waals surface area (Å²) in [5, 5.41) is 15.2. The molecule has 2 saturated carbocycles. The quantitative estimate of drug-likeness (QED) is 0.323. The zero-order valence-electron chi connectivity index (χ0n) is 11.3. The van der Waals surface area contributed by atoms with E-state index in [0.29, 0.717) is 18.2 Å². The van der Waals surface area contributed by atoms with E-state index in [1.807, 2.05) is 0 Å². The Labute approximate surface area is 117 Å². The van der Waals surface area contributed by atoms with Crippen molar-refractivity contribution >= 4 is 5.84 Å². The summed E-state index contributed by atoms with van der Waals surface area (Å²) in [6.45, 7) is 0.626. The predicted molar refractivity (Wildman–Crippen MR) is 75.0 cm³/mol. The molecule has 2 fully saturated rings. The molecule has 4 nitrogen and oxygen atoms in total. The van der Waals surface area contributed by atoms with Crippen molar-refractivity contribution in [3.05, 3.63) is 35.1 Å². The topological polar surface area (TPSA) is 70.6 Å². The van der Waals surface area contributed by atoms with Gasteiger partial charge in [-0.05, 0) is 61.3 Å². The van der Waals surface area contributed by atoms with E-state index in [2.05, 4.69) is 10.5 Å². The molecular weight excluding hydrogens is 257 g/mol. The van der Waals surface area contributed by atoms with Gasteiger partial charge >= 0.3 is 0 Å². The summed E-state index contributed by atoms with van der Waals surface area (Å²) in [5.74, 6) is 1.19. The van der Waals surface area contributed by atoms with E-state index in [9.17, 15) is 4.39 Å². The number of hydrogen-bond acceptors (Lipinski definition) is 3. The average molecular weight is 277 g/mol. The fourth-order valence-corrected chi connectivity index (χ4v) is 2.82. The molecule has 108 valence electrons. The van der Waals surface area contributed by atoms with Crippen molar-refractivity contribution < 1.29 is 9.60 Å². The fourth-order valence-electron chi connectivity index (χ4n) is 2.82. The lowest BCUT2D eigenvalue weighted by atomic mass is 10.1. The largest absolute Gasteiger partial charge is 0.409 e. The molecule has 0 spiro atoms. The molecule has 0 radical (unpaired) electrons. The van der Waals surface area contributed by atoms with Crippen molar-refractivity contribution in [1.29, 1.82) is 0 Å². The van der Waals surface area contributed by atoms with Crippen LogP contribution in [0.2, 0.25) is 0 Å². The Balaban J connectivity index is 1.68. The molecule has 1 aromatic rings. The Kier molecular flexibility index (Phi) is 3.61. The van der Waals surface area contributed by atoms with Gasteiger partial charge in [-0.15, -0.1) is 0 Å². The van der Waals surface area contributed by atoms with E-state index in [4.69, 9.17) is 10.9 Å². The number of halogens is 1. The first-order chi connectivity index (χ1) is 9.67. The molecule has 1 aromatic carbocycles. The zero-order chi connectivity index (χ0) is 14.1. The van der Waals surface area contributed by atoms with Crippen molar-refractivity contribution in [3.63, 3.8) is 0 Å². The van der Waals surface area contributed by atoms with Gasteiger partial charge in [0.15, 0.2) is 5.84 Å². The third kappa shape index (κ3) is 3.10. The van der Waals surface area contributed by atoms with Gasteiger partial charge in [0.25, 0.3) is 0 Å². The lowest BCUT2D eigenvalue weighted by Crippen LogP contribution is -2.32. The average Bonchev–Trinajstić information content (AvgIpc) is 3.29. The predicted octanol–water partition coefficient (Wildman–Crippen LogP) is 2.20. The van der Waals surface area contributed by atoms with Crippen molar-refractivity contribution in [2.75, 3.05) is 0 Å². The second kappa shape index (κ2) is 5.40. The number of benzene rings is 1. The summed E-state index contributed by atoms with van der Waals surface area (Å²) in [7, 11) is 0. The van der Waals surface area contributed by atoms with Crippen LogP contribution in [0.4, 0.5) is 4.39 Å². The van der Waals surface area contributed by atoms with Gasteiger partial charge in [-0.25, -0.2) is 4.39 Å².